The molecule has 2 heterocycles. The molecule has 0 radical (unpaired) electrons. The average molecular weight is 393 g/mol. The third-order valence-corrected chi connectivity index (χ3v) is 5.73. The third-order valence-electron chi connectivity index (χ3n) is 5.73. The van der Waals surface area contributed by atoms with Gasteiger partial charge in [0.1, 0.15) is 18.4 Å². The monoisotopic (exact) mass is 393 g/mol. The molecule has 29 heavy (non-hydrogen) atoms. The number of rotatable bonds is 3. The number of carbonyl (C=O) groups excluding carboxylic acids is 2. The normalized spacial score (nSPS) is 21.8. The van der Waals surface area contributed by atoms with Crippen molar-refractivity contribution in [2.75, 3.05) is 31.6 Å². The molecule has 2 aromatic rings. The molecule has 0 saturated carbocycles. The van der Waals surface area contributed by atoms with E-state index in [1.54, 1.807) is 11.9 Å². The van der Waals surface area contributed by atoms with Crippen LogP contribution in [-0.4, -0.2) is 49.6 Å². The van der Waals surface area contributed by atoms with Gasteiger partial charge in [-0.1, -0.05) is 42.5 Å². The molecule has 0 spiro atoms. The van der Waals surface area contributed by atoms with Crippen LogP contribution in [0.25, 0.3) is 0 Å². The number of ether oxygens (including phenoxy) is 1. The Kier molecular flexibility index (Phi) is 5.69. The number of likely N-dealkylation sites (tertiary alicyclic amines) is 1. The zero-order valence-electron chi connectivity index (χ0n) is 16.7. The number of fused-ring (bicyclic) bond motifs is 1. The fraction of sp³-hybridized carbons (Fsp3) is 0.391. The lowest BCUT2D eigenvalue weighted by Gasteiger charge is -2.34. The van der Waals surface area contributed by atoms with E-state index >= 15 is 0 Å². The minimum atomic E-state index is -0.700. The van der Waals surface area contributed by atoms with E-state index < -0.39 is 6.04 Å². The van der Waals surface area contributed by atoms with Crippen LogP contribution in [0.1, 0.15) is 18.4 Å². The smallest absolute Gasteiger partial charge is 0.318 e. The number of amides is 3. The predicted octanol–water partition coefficient (Wildman–Crippen LogP) is 3.07. The number of likely N-dealkylation sites (N-methyl/N-ethyl adjacent to an activating group) is 1. The topological polar surface area (TPSA) is 61.9 Å². The van der Waals surface area contributed by atoms with Gasteiger partial charge in [-0.05, 0) is 42.9 Å². The first-order valence-electron chi connectivity index (χ1n) is 10.2. The van der Waals surface area contributed by atoms with Crippen LogP contribution >= 0.6 is 0 Å². The average Bonchev–Trinajstić information content (AvgIpc) is 2.87. The van der Waals surface area contributed by atoms with Crippen molar-refractivity contribution in [2.24, 2.45) is 5.92 Å². The van der Waals surface area contributed by atoms with Crippen molar-refractivity contribution < 1.29 is 14.3 Å². The summed E-state index contributed by atoms with van der Waals surface area (Å²) in [5.41, 5.74) is 2.02. The standard InChI is InChI=1S/C23H27N3O3/c1-25-20-11-5-6-12-21(20)29-16-19(22(25)27)24-23(28)26-13-7-10-18(15-26)14-17-8-3-2-4-9-17/h2-6,8-9,11-12,18-19H,7,10,13-16H2,1H3,(H,24,28)/t18?,19-/m0/s1. The highest BCUT2D eigenvalue weighted by atomic mass is 16.5. The van der Waals surface area contributed by atoms with Crippen LogP contribution in [0.5, 0.6) is 5.75 Å². The Morgan fingerprint density at radius 3 is 2.72 bits per heavy atom. The zero-order chi connectivity index (χ0) is 20.2. The molecule has 1 unspecified atom stereocenters. The molecule has 0 bridgehead atoms. The summed E-state index contributed by atoms with van der Waals surface area (Å²) in [5.74, 6) is 0.923. The molecule has 6 heteroatoms. The van der Waals surface area contributed by atoms with E-state index in [0.717, 1.165) is 31.5 Å². The number of anilines is 1. The molecule has 6 nitrogen and oxygen atoms in total. The Morgan fingerprint density at radius 1 is 1.14 bits per heavy atom. The van der Waals surface area contributed by atoms with Crippen LogP contribution in [-0.2, 0) is 11.2 Å². The van der Waals surface area contributed by atoms with Gasteiger partial charge in [-0.3, -0.25) is 4.79 Å². The molecule has 3 amide bonds. The van der Waals surface area contributed by atoms with E-state index in [1.807, 2.05) is 35.2 Å². The molecule has 2 aromatic carbocycles. The molecule has 2 atom stereocenters. The van der Waals surface area contributed by atoms with Crippen LogP contribution in [0.15, 0.2) is 54.6 Å². The zero-order valence-corrected chi connectivity index (χ0v) is 16.7. The maximum atomic E-state index is 12.9. The molecular weight excluding hydrogens is 366 g/mol. The van der Waals surface area contributed by atoms with E-state index in [4.69, 9.17) is 4.74 Å². The van der Waals surface area contributed by atoms with Gasteiger partial charge in [0.2, 0.25) is 0 Å². The molecule has 1 saturated heterocycles. The maximum absolute atomic E-state index is 12.9. The summed E-state index contributed by atoms with van der Waals surface area (Å²) in [4.78, 5) is 29.1. The van der Waals surface area contributed by atoms with Gasteiger partial charge in [0.25, 0.3) is 5.91 Å². The van der Waals surface area contributed by atoms with Crippen LogP contribution < -0.4 is 15.0 Å². The van der Waals surface area contributed by atoms with Gasteiger partial charge in [-0.25, -0.2) is 4.79 Å². The molecule has 152 valence electrons. The molecule has 4 rings (SSSR count). The number of hydrogen-bond acceptors (Lipinski definition) is 3. The Labute approximate surface area is 171 Å². The predicted molar refractivity (Wildman–Crippen MR) is 112 cm³/mol. The Morgan fingerprint density at radius 2 is 1.90 bits per heavy atom. The van der Waals surface area contributed by atoms with Gasteiger partial charge in [-0.2, -0.15) is 0 Å². The summed E-state index contributed by atoms with van der Waals surface area (Å²) in [5, 5.41) is 2.90. The summed E-state index contributed by atoms with van der Waals surface area (Å²) in [6.07, 6.45) is 3.06. The van der Waals surface area contributed by atoms with E-state index in [1.165, 1.54) is 5.56 Å². The molecule has 0 aromatic heterocycles. The highest BCUT2D eigenvalue weighted by Crippen LogP contribution is 2.30. The second-order valence-corrected chi connectivity index (χ2v) is 7.82. The van der Waals surface area contributed by atoms with Gasteiger partial charge in [0.05, 0.1) is 5.69 Å². The number of hydrogen-bond donors (Lipinski definition) is 1. The second-order valence-electron chi connectivity index (χ2n) is 7.82. The summed E-state index contributed by atoms with van der Waals surface area (Å²) in [7, 11) is 1.71. The van der Waals surface area contributed by atoms with Crippen LogP contribution in [0.3, 0.4) is 0 Å². The van der Waals surface area contributed by atoms with Crippen LogP contribution in [0, 0.1) is 5.92 Å². The summed E-state index contributed by atoms with van der Waals surface area (Å²) in [6.45, 7) is 1.56. The van der Waals surface area contributed by atoms with Gasteiger partial charge >= 0.3 is 6.03 Å². The molecular formula is C23H27N3O3. The number of benzene rings is 2. The molecule has 0 aliphatic carbocycles. The van der Waals surface area contributed by atoms with Crippen molar-refractivity contribution in [2.45, 2.75) is 25.3 Å². The van der Waals surface area contributed by atoms with Crippen molar-refractivity contribution in [3.05, 3.63) is 60.2 Å². The van der Waals surface area contributed by atoms with Crippen molar-refractivity contribution in [3.8, 4) is 5.75 Å². The van der Waals surface area contributed by atoms with E-state index in [2.05, 4.69) is 29.6 Å². The number of nitrogens with one attached hydrogen (secondary N) is 1. The summed E-state index contributed by atoms with van der Waals surface area (Å²) >= 11 is 0. The Hall–Kier alpha value is -3.02. The highest BCUT2D eigenvalue weighted by molar-refractivity contribution is 6.00. The van der Waals surface area contributed by atoms with Crippen molar-refractivity contribution in [1.29, 1.82) is 0 Å². The Balaban J connectivity index is 1.38. The molecule has 2 aliphatic rings. The number of para-hydroxylation sites is 2. The number of piperidine rings is 1. The summed E-state index contributed by atoms with van der Waals surface area (Å²) < 4.78 is 5.79. The lowest BCUT2D eigenvalue weighted by Crippen LogP contribution is -2.54. The SMILES string of the molecule is CN1C(=O)[C@@H](NC(=O)N2CCCC(Cc3ccccc3)C2)COc2ccccc21. The van der Waals surface area contributed by atoms with Crippen LogP contribution in [0.2, 0.25) is 0 Å². The van der Waals surface area contributed by atoms with Gasteiger partial charge < -0.3 is 19.9 Å². The van der Waals surface area contributed by atoms with E-state index in [9.17, 15) is 9.59 Å². The van der Waals surface area contributed by atoms with E-state index in [0.29, 0.717) is 18.2 Å². The first-order valence-corrected chi connectivity index (χ1v) is 10.2. The summed E-state index contributed by atoms with van der Waals surface area (Å²) in [6, 6.07) is 16.9. The van der Waals surface area contributed by atoms with Crippen LogP contribution in [0.4, 0.5) is 10.5 Å². The maximum Gasteiger partial charge on any atom is 0.318 e. The van der Waals surface area contributed by atoms with Gasteiger partial charge in [-0.15, -0.1) is 0 Å². The second kappa shape index (κ2) is 8.55. The number of nitrogens with zero attached hydrogens (tertiary/aromatic N) is 2. The van der Waals surface area contributed by atoms with Gasteiger partial charge in [0, 0.05) is 20.1 Å². The lowest BCUT2D eigenvalue weighted by atomic mass is 9.91. The first kappa shape index (κ1) is 19.3. The minimum absolute atomic E-state index is 0.132. The minimum Gasteiger partial charge on any atom is -0.489 e. The third kappa shape index (κ3) is 4.36. The van der Waals surface area contributed by atoms with E-state index in [-0.39, 0.29) is 18.5 Å². The molecule has 2 aliphatic heterocycles. The quantitative estimate of drug-likeness (QED) is 0.872. The highest BCUT2D eigenvalue weighted by Gasteiger charge is 2.32. The largest absolute Gasteiger partial charge is 0.489 e. The fourth-order valence-electron chi connectivity index (χ4n) is 4.16. The number of urea groups is 1. The van der Waals surface area contributed by atoms with Crippen molar-refractivity contribution in [1.82, 2.24) is 10.2 Å². The van der Waals surface area contributed by atoms with Gasteiger partial charge in [0.15, 0.2) is 0 Å². The molecule has 1 N–H and O–H groups in total. The fourth-order valence-corrected chi connectivity index (χ4v) is 4.16. The Bertz CT molecular complexity index is 871. The first-order chi connectivity index (χ1) is 14.1. The molecule has 1 fully saturated rings. The number of carbonyl (C=O) groups is 2. The van der Waals surface area contributed by atoms with Crippen molar-refractivity contribution >= 4 is 17.6 Å². The lowest BCUT2D eigenvalue weighted by molar-refractivity contribution is -0.120. The van der Waals surface area contributed by atoms with Crippen molar-refractivity contribution in [3.63, 3.8) is 0 Å².